The Labute approximate surface area is 143 Å². The molecule has 0 spiro atoms. The first kappa shape index (κ1) is 19.4. The van der Waals surface area contributed by atoms with E-state index in [0.717, 1.165) is 5.56 Å². The fourth-order valence-corrected chi connectivity index (χ4v) is 3.60. The van der Waals surface area contributed by atoms with Crippen molar-refractivity contribution in [2.24, 2.45) is 5.73 Å². The maximum atomic E-state index is 9.99. The molecule has 0 amide bonds. The normalized spacial score (nSPS) is 32.4. The molecule has 22 heavy (non-hydrogen) atoms. The molecule has 0 aromatic heterocycles. The first-order valence-electron chi connectivity index (χ1n) is 6.75. The molecule has 0 saturated carbocycles. The first-order chi connectivity index (χ1) is 10.0. The maximum absolute atomic E-state index is 9.99. The summed E-state index contributed by atoms with van der Waals surface area (Å²) in [4.78, 5) is 2.96. The van der Waals surface area contributed by atoms with Gasteiger partial charge < -0.3 is 37.4 Å². The lowest BCUT2D eigenvalue weighted by Crippen LogP contribution is -3.00. The van der Waals surface area contributed by atoms with Crippen LogP contribution in [0.1, 0.15) is 5.56 Å². The van der Waals surface area contributed by atoms with Crippen LogP contribution in [0.4, 0.5) is 0 Å². The van der Waals surface area contributed by atoms with Crippen molar-refractivity contribution in [1.29, 1.82) is 0 Å². The van der Waals surface area contributed by atoms with E-state index < -0.39 is 28.9 Å². The number of hydrogen-bond donors (Lipinski definition) is 6. The van der Waals surface area contributed by atoms with Crippen molar-refractivity contribution in [2.75, 3.05) is 6.61 Å². The van der Waals surface area contributed by atoms with E-state index in [-0.39, 0.29) is 23.6 Å². The second-order valence-corrected chi connectivity index (χ2v) is 6.47. The van der Waals surface area contributed by atoms with Gasteiger partial charge in [-0.3, -0.25) is 10.7 Å². The number of nitrogens with two attached hydrogens (primary N) is 1. The predicted molar refractivity (Wildman–Crippen MR) is 80.6 cm³/mol. The Hall–Kier alpha value is -0.640. The highest BCUT2D eigenvalue weighted by Gasteiger charge is 2.44. The van der Waals surface area contributed by atoms with Crippen molar-refractivity contribution in [3.63, 3.8) is 0 Å². The van der Waals surface area contributed by atoms with Crippen LogP contribution in [0.25, 0.3) is 0 Å². The second kappa shape index (κ2) is 8.85. The van der Waals surface area contributed by atoms with E-state index in [1.165, 1.54) is 11.8 Å². The molecule has 5 atom stereocenters. The summed E-state index contributed by atoms with van der Waals surface area (Å²) in [7, 11) is 0. The lowest BCUT2D eigenvalue weighted by Gasteiger charge is -2.36. The van der Waals surface area contributed by atoms with Gasteiger partial charge >= 0.3 is 0 Å². The molecule has 1 heterocycles. The van der Waals surface area contributed by atoms with E-state index in [1.807, 2.05) is 30.3 Å². The molecule has 1 aliphatic heterocycles. The summed E-state index contributed by atoms with van der Waals surface area (Å²) in [6, 6.07) is 9.61. The van der Waals surface area contributed by atoms with Crippen LogP contribution in [0.3, 0.4) is 0 Å². The van der Waals surface area contributed by atoms with Gasteiger partial charge in [0.1, 0.15) is 12.2 Å². The van der Waals surface area contributed by atoms with Gasteiger partial charge in [0.15, 0.2) is 5.37 Å². The van der Waals surface area contributed by atoms with Crippen LogP contribution < -0.4 is 27.7 Å². The maximum Gasteiger partial charge on any atom is 0.245 e. The quantitative estimate of drug-likeness (QED) is 0.224. The zero-order valence-electron chi connectivity index (χ0n) is 11.8. The number of aliphatic hydroxyl groups is 4. The minimum absolute atomic E-state index is 0. The van der Waals surface area contributed by atoms with Gasteiger partial charge in [-0.2, -0.15) is 0 Å². The van der Waals surface area contributed by atoms with Crippen LogP contribution in [-0.2, 0) is 6.42 Å². The number of benzene rings is 1. The molecule has 7 N–H and O–H groups in total. The van der Waals surface area contributed by atoms with Crippen LogP contribution in [0.15, 0.2) is 30.3 Å². The van der Waals surface area contributed by atoms with E-state index in [4.69, 9.17) is 5.73 Å². The minimum Gasteiger partial charge on any atom is -1.00 e. The molecule has 1 aromatic carbocycles. The smallest absolute Gasteiger partial charge is 0.245 e. The summed E-state index contributed by atoms with van der Waals surface area (Å²) in [5, 5.41) is 37.6. The molecule has 124 valence electrons. The summed E-state index contributed by atoms with van der Waals surface area (Å²) in [5.74, 6) is 0.457. The topological polar surface area (TPSA) is 121 Å². The van der Waals surface area contributed by atoms with Crippen LogP contribution in [0, 0.1) is 0 Å². The zero-order chi connectivity index (χ0) is 15.4. The van der Waals surface area contributed by atoms with E-state index >= 15 is 0 Å². The summed E-state index contributed by atoms with van der Waals surface area (Å²) in [5.41, 5.74) is 6.97. The molecule has 0 unspecified atom stereocenters. The van der Waals surface area contributed by atoms with Gasteiger partial charge in [-0.1, -0.05) is 30.3 Å². The standard InChI is InChI=1S/C14H20N2O4S.BrH/c15-10(6-8-4-2-1-3-5-8)16-14-13(20)12(19)11(18)9(7-17)21-14;/h1-5,9,11-14,17-20H,6-7H2,(H2,15,16);1H/t9-,11-,12+,13+,14+;/m1./s1. The Kier molecular flexibility index (Phi) is 7.81. The molecule has 0 radical (unpaired) electrons. The molecule has 1 saturated heterocycles. The minimum atomic E-state index is -1.31. The Balaban J connectivity index is 0.00000242. The van der Waals surface area contributed by atoms with Gasteiger partial charge in [-0.05, 0) is 5.56 Å². The summed E-state index contributed by atoms with van der Waals surface area (Å²) in [6.45, 7) is -0.285. The highest BCUT2D eigenvalue weighted by atomic mass is 79.9. The molecular weight excluding hydrogens is 372 g/mol. The van der Waals surface area contributed by atoms with Crippen LogP contribution in [-0.4, -0.2) is 61.8 Å². The Bertz CT molecular complexity index is 489. The average Bonchev–Trinajstić information content (AvgIpc) is 2.49. The molecule has 0 aliphatic carbocycles. The van der Waals surface area contributed by atoms with E-state index in [2.05, 4.69) is 4.99 Å². The molecule has 1 aliphatic rings. The average molecular weight is 393 g/mol. The van der Waals surface area contributed by atoms with E-state index in [0.29, 0.717) is 12.3 Å². The SMILES string of the molecule is N/C(Cc1ccccc1)=[NH+]/[C@H]1S[C@H](CO)[C@@H](O)[C@H](O)[C@@H]1O.[Br-]. The number of nitrogens with one attached hydrogen (secondary N) is 1. The zero-order valence-corrected chi connectivity index (χ0v) is 14.2. The summed E-state index contributed by atoms with van der Waals surface area (Å²) < 4.78 is 0. The number of thioether (sulfide) groups is 1. The molecule has 1 aromatic rings. The Morgan fingerprint density at radius 3 is 2.32 bits per heavy atom. The van der Waals surface area contributed by atoms with Crippen molar-refractivity contribution < 1.29 is 42.4 Å². The third-order valence-corrected chi connectivity index (χ3v) is 4.92. The number of aliphatic hydroxyl groups excluding tert-OH is 4. The Morgan fingerprint density at radius 2 is 1.73 bits per heavy atom. The van der Waals surface area contributed by atoms with Crippen LogP contribution in [0.2, 0.25) is 0 Å². The van der Waals surface area contributed by atoms with Crippen molar-refractivity contribution in [2.45, 2.75) is 35.4 Å². The first-order valence-corrected chi connectivity index (χ1v) is 7.69. The number of hydrogen-bond acceptors (Lipinski definition) is 5. The van der Waals surface area contributed by atoms with Crippen molar-refractivity contribution in [3.05, 3.63) is 35.9 Å². The number of rotatable bonds is 4. The van der Waals surface area contributed by atoms with E-state index in [9.17, 15) is 20.4 Å². The van der Waals surface area contributed by atoms with Gasteiger partial charge in [0, 0.05) is 0 Å². The molecule has 1 fully saturated rings. The second-order valence-electron chi connectivity index (χ2n) is 5.08. The van der Waals surface area contributed by atoms with Crippen molar-refractivity contribution in [3.8, 4) is 0 Å². The monoisotopic (exact) mass is 392 g/mol. The fraction of sp³-hybridized carbons (Fsp3) is 0.500. The van der Waals surface area contributed by atoms with Gasteiger partial charge in [-0.15, -0.1) is 11.8 Å². The van der Waals surface area contributed by atoms with Crippen LogP contribution in [0.5, 0.6) is 0 Å². The summed E-state index contributed by atoms with van der Waals surface area (Å²) >= 11 is 1.17. The van der Waals surface area contributed by atoms with Gasteiger partial charge in [0.25, 0.3) is 0 Å². The number of halogens is 1. The van der Waals surface area contributed by atoms with Gasteiger partial charge in [0.05, 0.1) is 24.4 Å². The lowest BCUT2D eigenvalue weighted by atomic mass is 10.0. The highest BCUT2D eigenvalue weighted by Crippen LogP contribution is 2.28. The fourth-order valence-electron chi connectivity index (χ4n) is 2.27. The molecular formula is C14H21BrN2O4S. The van der Waals surface area contributed by atoms with Gasteiger partial charge in [0.2, 0.25) is 5.84 Å². The largest absolute Gasteiger partial charge is 1.00 e. The molecule has 0 bridgehead atoms. The van der Waals surface area contributed by atoms with Gasteiger partial charge in [-0.25, -0.2) is 0 Å². The van der Waals surface area contributed by atoms with Crippen molar-refractivity contribution >= 4 is 17.6 Å². The third kappa shape index (κ3) is 4.68. The molecule has 2 rings (SSSR count). The summed E-state index contributed by atoms with van der Waals surface area (Å²) in [6.07, 6.45) is -3.15. The Morgan fingerprint density at radius 1 is 1.09 bits per heavy atom. The predicted octanol–water partition coefficient (Wildman–Crippen LogP) is -5.81. The van der Waals surface area contributed by atoms with Crippen molar-refractivity contribution in [1.82, 2.24) is 0 Å². The molecule has 8 heteroatoms. The van der Waals surface area contributed by atoms with Crippen LogP contribution >= 0.6 is 11.8 Å². The lowest BCUT2D eigenvalue weighted by molar-refractivity contribution is -0.493. The third-order valence-electron chi connectivity index (χ3n) is 3.46. The highest BCUT2D eigenvalue weighted by molar-refractivity contribution is 8.00. The van der Waals surface area contributed by atoms with E-state index in [1.54, 1.807) is 0 Å². The molecule has 6 nitrogen and oxygen atoms in total. The number of amidine groups is 1.